The van der Waals surface area contributed by atoms with Gasteiger partial charge in [0.15, 0.2) is 11.5 Å². The van der Waals surface area contributed by atoms with E-state index in [1.165, 1.54) is 0 Å². The molecule has 4 heteroatoms. The first-order chi connectivity index (χ1) is 9.40. The Balaban J connectivity index is 2.31. The fourth-order valence-electron chi connectivity index (χ4n) is 2.52. The number of rotatable bonds is 6. The zero-order valence-corrected chi connectivity index (χ0v) is 14.0. The summed E-state index contributed by atoms with van der Waals surface area (Å²) in [6, 6.07) is 3.75. The fraction of sp³-hybridized carbons (Fsp3) is 0.625. The predicted molar refractivity (Wildman–Crippen MR) is 84.3 cm³/mol. The van der Waals surface area contributed by atoms with Crippen molar-refractivity contribution in [1.82, 2.24) is 0 Å². The highest BCUT2D eigenvalue weighted by atomic mass is 35.5. The van der Waals surface area contributed by atoms with Gasteiger partial charge in [0.1, 0.15) is 0 Å². The number of halogens is 2. The molecular formula is C16H22Cl2O2. The second-order valence-electron chi connectivity index (χ2n) is 5.89. The van der Waals surface area contributed by atoms with Gasteiger partial charge < -0.3 is 9.47 Å². The molecule has 0 bridgehead atoms. The van der Waals surface area contributed by atoms with E-state index < -0.39 is 0 Å². The van der Waals surface area contributed by atoms with Crippen LogP contribution in [-0.2, 0) is 0 Å². The van der Waals surface area contributed by atoms with E-state index in [2.05, 4.69) is 13.8 Å². The number of benzene rings is 1. The van der Waals surface area contributed by atoms with Crippen LogP contribution in [-0.4, -0.2) is 13.2 Å². The standard InChI is InChI=1S/C16H22Cl2O2/c1-5-19-13-7-10(12(17)8-14(13)20-6-2)15(18)11-9-16(11,3)4/h7-8,11,15H,5-6,9H2,1-4H3. The predicted octanol–water partition coefficient (Wildman–Crippen LogP) is 5.46. The lowest BCUT2D eigenvalue weighted by Gasteiger charge is -2.18. The molecule has 20 heavy (non-hydrogen) atoms. The molecule has 1 fully saturated rings. The average molecular weight is 317 g/mol. The maximum absolute atomic E-state index is 6.61. The zero-order valence-electron chi connectivity index (χ0n) is 12.5. The van der Waals surface area contributed by atoms with Crippen molar-refractivity contribution in [3.63, 3.8) is 0 Å². The van der Waals surface area contributed by atoms with Crippen molar-refractivity contribution in [2.75, 3.05) is 13.2 Å². The first kappa shape index (κ1) is 15.8. The van der Waals surface area contributed by atoms with Crippen molar-refractivity contribution in [2.24, 2.45) is 11.3 Å². The van der Waals surface area contributed by atoms with Gasteiger partial charge in [-0.2, -0.15) is 0 Å². The van der Waals surface area contributed by atoms with Gasteiger partial charge >= 0.3 is 0 Å². The summed E-state index contributed by atoms with van der Waals surface area (Å²) in [4.78, 5) is 0. The Morgan fingerprint density at radius 1 is 1.20 bits per heavy atom. The summed E-state index contributed by atoms with van der Waals surface area (Å²) in [6.45, 7) is 9.53. The number of ether oxygens (including phenoxy) is 2. The summed E-state index contributed by atoms with van der Waals surface area (Å²) in [7, 11) is 0. The molecule has 2 nitrogen and oxygen atoms in total. The summed E-state index contributed by atoms with van der Waals surface area (Å²) in [5.41, 5.74) is 1.25. The monoisotopic (exact) mass is 316 g/mol. The summed E-state index contributed by atoms with van der Waals surface area (Å²) in [5.74, 6) is 1.87. The Morgan fingerprint density at radius 3 is 2.15 bits per heavy atom. The number of hydrogen-bond donors (Lipinski definition) is 0. The highest BCUT2D eigenvalue weighted by molar-refractivity contribution is 6.33. The molecule has 2 unspecified atom stereocenters. The van der Waals surface area contributed by atoms with Gasteiger partial charge in [0, 0.05) is 11.1 Å². The molecule has 1 aliphatic carbocycles. The van der Waals surface area contributed by atoms with Gasteiger partial charge in [0.25, 0.3) is 0 Å². The van der Waals surface area contributed by atoms with Gasteiger partial charge in [-0.25, -0.2) is 0 Å². The summed E-state index contributed by atoms with van der Waals surface area (Å²) < 4.78 is 11.2. The highest BCUT2D eigenvalue weighted by Gasteiger charge is 2.50. The summed E-state index contributed by atoms with van der Waals surface area (Å²) in [6.07, 6.45) is 1.13. The minimum Gasteiger partial charge on any atom is -0.490 e. The zero-order chi connectivity index (χ0) is 14.9. The van der Waals surface area contributed by atoms with Gasteiger partial charge in [-0.15, -0.1) is 11.6 Å². The molecule has 0 heterocycles. The molecule has 2 atom stereocenters. The van der Waals surface area contributed by atoms with E-state index in [0.717, 1.165) is 17.7 Å². The Morgan fingerprint density at radius 2 is 1.70 bits per heavy atom. The van der Waals surface area contributed by atoms with E-state index in [0.29, 0.717) is 35.3 Å². The first-order valence-corrected chi connectivity index (χ1v) is 7.95. The smallest absolute Gasteiger partial charge is 0.162 e. The SMILES string of the molecule is CCOc1cc(Cl)c(C(Cl)C2CC2(C)C)cc1OCC. The number of alkyl halides is 1. The van der Waals surface area contributed by atoms with Crippen LogP contribution in [0.4, 0.5) is 0 Å². The van der Waals surface area contributed by atoms with Crippen molar-refractivity contribution in [2.45, 2.75) is 39.5 Å². The minimum absolute atomic E-state index is 0.0765. The normalized spacial score (nSPS) is 21.4. The van der Waals surface area contributed by atoms with Crippen molar-refractivity contribution < 1.29 is 9.47 Å². The van der Waals surface area contributed by atoms with Crippen LogP contribution in [0.1, 0.15) is 45.1 Å². The molecular weight excluding hydrogens is 295 g/mol. The van der Waals surface area contributed by atoms with Crippen molar-refractivity contribution >= 4 is 23.2 Å². The van der Waals surface area contributed by atoms with E-state index in [4.69, 9.17) is 32.7 Å². The lowest BCUT2D eigenvalue weighted by molar-refractivity contribution is 0.287. The lowest BCUT2D eigenvalue weighted by atomic mass is 10.0. The van der Waals surface area contributed by atoms with Gasteiger partial charge in [-0.3, -0.25) is 0 Å². The molecule has 0 aliphatic heterocycles. The largest absolute Gasteiger partial charge is 0.490 e. The fourth-order valence-corrected chi connectivity index (χ4v) is 3.46. The van der Waals surface area contributed by atoms with Crippen LogP contribution in [0.2, 0.25) is 5.02 Å². The van der Waals surface area contributed by atoms with E-state index in [-0.39, 0.29) is 5.38 Å². The van der Waals surface area contributed by atoms with Crippen LogP contribution in [0.3, 0.4) is 0 Å². The Bertz CT molecular complexity index is 486. The van der Waals surface area contributed by atoms with Crippen LogP contribution >= 0.6 is 23.2 Å². The van der Waals surface area contributed by atoms with Gasteiger partial charge in [0.05, 0.1) is 18.6 Å². The topological polar surface area (TPSA) is 18.5 Å². The van der Waals surface area contributed by atoms with Crippen LogP contribution in [0.15, 0.2) is 12.1 Å². The van der Waals surface area contributed by atoms with E-state index in [9.17, 15) is 0 Å². The molecule has 112 valence electrons. The van der Waals surface area contributed by atoms with Crippen molar-refractivity contribution in [3.8, 4) is 11.5 Å². The molecule has 1 saturated carbocycles. The average Bonchev–Trinajstić information content (AvgIpc) is 3.01. The van der Waals surface area contributed by atoms with Crippen molar-refractivity contribution in [3.05, 3.63) is 22.7 Å². The Hall–Kier alpha value is -0.600. The Kier molecular flexibility index (Phi) is 4.76. The third-order valence-corrected chi connectivity index (χ3v) is 4.77. The first-order valence-electron chi connectivity index (χ1n) is 7.13. The molecule has 0 spiro atoms. The summed E-state index contributed by atoms with van der Waals surface area (Å²) in [5, 5.41) is 0.576. The third kappa shape index (κ3) is 3.17. The van der Waals surface area contributed by atoms with Gasteiger partial charge in [-0.05, 0) is 43.2 Å². The summed E-state index contributed by atoms with van der Waals surface area (Å²) >= 11 is 13.0. The van der Waals surface area contributed by atoms with Gasteiger partial charge in [0.2, 0.25) is 0 Å². The Labute approximate surface area is 131 Å². The lowest BCUT2D eigenvalue weighted by Crippen LogP contribution is -2.03. The minimum atomic E-state index is -0.0765. The van der Waals surface area contributed by atoms with Crippen LogP contribution < -0.4 is 9.47 Å². The maximum Gasteiger partial charge on any atom is 0.162 e. The van der Waals surface area contributed by atoms with Gasteiger partial charge in [-0.1, -0.05) is 25.4 Å². The maximum atomic E-state index is 6.61. The van der Waals surface area contributed by atoms with Crippen LogP contribution in [0.5, 0.6) is 11.5 Å². The van der Waals surface area contributed by atoms with E-state index >= 15 is 0 Å². The molecule has 0 saturated heterocycles. The third-order valence-electron chi connectivity index (χ3n) is 3.90. The molecule has 0 aromatic heterocycles. The molecule has 0 radical (unpaired) electrons. The molecule has 1 aromatic carbocycles. The quantitative estimate of drug-likeness (QED) is 0.648. The molecule has 2 rings (SSSR count). The molecule has 1 aromatic rings. The van der Waals surface area contributed by atoms with E-state index in [1.807, 2.05) is 26.0 Å². The highest BCUT2D eigenvalue weighted by Crippen LogP contribution is 2.61. The van der Waals surface area contributed by atoms with E-state index in [1.54, 1.807) is 0 Å². The second kappa shape index (κ2) is 6.03. The molecule has 1 aliphatic rings. The number of hydrogen-bond acceptors (Lipinski definition) is 2. The second-order valence-corrected chi connectivity index (χ2v) is 6.76. The van der Waals surface area contributed by atoms with Crippen LogP contribution in [0, 0.1) is 11.3 Å². The molecule has 0 amide bonds. The van der Waals surface area contributed by atoms with Crippen molar-refractivity contribution in [1.29, 1.82) is 0 Å². The van der Waals surface area contributed by atoms with Crippen LogP contribution in [0.25, 0.3) is 0 Å². The molecule has 0 N–H and O–H groups in total.